The van der Waals surface area contributed by atoms with E-state index >= 15 is 0 Å². The lowest BCUT2D eigenvalue weighted by atomic mass is 10.1. The highest BCUT2D eigenvalue weighted by molar-refractivity contribution is 6.09. The minimum absolute atomic E-state index is 0.0624. The van der Waals surface area contributed by atoms with Gasteiger partial charge in [-0.1, -0.05) is 109 Å². The van der Waals surface area contributed by atoms with Gasteiger partial charge in [0.05, 0.1) is 27.5 Å². The molecule has 190 valence electrons. The lowest BCUT2D eigenvalue weighted by Crippen LogP contribution is -2.09. The number of hydrogen-bond acceptors (Lipinski definition) is 1. The summed E-state index contributed by atoms with van der Waals surface area (Å²) < 4.78 is 104. The van der Waals surface area contributed by atoms with Crippen LogP contribution >= 0.6 is 0 Å². The van der Waals surface area contributed by atoms with Crippen molar-refractivity contribution in [3.8, 4) is 5.69 Å². The van der Waals surface area contributed by atoms with E-state index in [1.54, 1.807) is 6.07 Å². The van der Waals surface area contributed by atoms with Crippen LogP contribution in [0.15, 0.2) is 157 Å². The fraction of sp³-hybridized carbons (Fsp3) is 0. The van der Waals surface area contributed by atoms with Crippen LogP contribution in [0.5, 0.6) is 0 Å². The van der Waals surface area contributed by atoms with Crippen LogP contribution < -0.4 is 4.90 Å². The molecule has 7 rings (SSSR count). The van der Waals surface area contributed by atoms with Crippen molar-refractivity contribution in [3.05, 3.63) is 169 Å². The average molecular weight is 525 g/mol. The smallest absolute Gasteiger partial charge is 0.0645 e. The molecule has 0 saturated heterocycles. The van der Waals surface area contributed by atoms with Crippen LogP contribution in [0.3, 0.4) is 0 Å². The van der Waals surface area contributed by atoms with Crippen molar-refractivity contribution in [2.45, 2.75) is 0 Å². The average Bonchev–Trinajstić information content (AvgIpc) is 3.50. The predicted octanol–water partition coefficient (Wildman–Crippen LogP) is 10.4. The van der Waals surface area contributed by atoms with Gasteiger partial charge < -0.3 is 9.47 Å². The number of fused-ring (bicyclic) bond motifs is 3. The summed E-state index contributed by atoms with van der Waals surface area (Å²) in [6, 6.07) is 22.7. The quantitative estimate of drug-likeness (QED) is 0.196. The molecule has 0 fully saturated rings. The second-order valence-electron chi connectivity index (χ2n) is 9.00. The first-order valence-corrected chi connectivity index (χ1v) is 12.6. The topological polar surface area (TPSA) is 8.17 Å². The normalized spacial score (nSPS) is 16.1. The maximum Gasteiger partial charge on any atom is 0.0645 e. The Hall–Kier alpha value is -5.34. The summed E-state index contributed by atoms with van der Waals surface area (Å²) in [5.74, 6) is 0. The Kier molecular flexibility index (Phi) is 3.69. The third-order valence-corrected chi connectivity index (χ3v) is 6.59. The van der Waals surface area contributed by atoms with E-state index in [-0.39, 0.29) is 17.8 Å². The van der Waals surface area contributed by atoms with Crippen LogP contribution in [-0.4, -0.2) is 4.57 Å². The molecule has 0 spiro atoms. The number of benzene rings is 6. The molecule has 6 aromatic carbocycles. The summed E-state index contributed by atoms with van der Waals surface area (Å²) in [6.45, 7) is 0. The highest BCUT2D eigenvalue weighted by atomic mass is 15.1. The fourth-order valence-electron chi connectivity index (χ4n) is 4.82. The van der Waals surface area contributed by atoms with Crippen molar-refractivity contribution in [2.75, 3.05) is 4.90 Å². The Labute approximate surface area is 251 Å². The molecule has 1 aromatic heterocycles. The summed E-state index contributed by atoms with van der Waals surface area (Å²) in [5, 5.41) is 2.04. The first kappa shape index (κ1) is 14.2. The van der Waals surface area contributed by atoms with Gasteiger partial charge in [-0.2, -0.15) is 0 Å². The van der Waals surface area contributed by atoms with Gasteiger partial charge in [-0.25, -0.2) is 0 Å². The molecule has 0 atom stereocenters. The minimum Gasteiger partial charge on any atom is -0.311 e. The van der Waals surface area contributed by atoms with Gasteiger partial charge in [0, 0.05) is 33.5 Å². The SMILES string of the molecule is [2H]/C(=C(/[2H])c1ccc2c3ccccc3n(-c3ccccc3)c2c1)c1ccc(N(c2c([2H])c([2H])c([2H])c([2H])c2[2H])c2c([2H])c([2H])c([2H])c([2H])c2[2H])cc1. The summed E-state index contributed by atoms with van der Waals surface area (Å²) >= 11 is 0. The molecule has 0 N–H and O–H groups in total. The molecular weight excluding hydrogens is 484 g/mol. The van der Waals surface area contributed by atoms with Crippen LogP contribution in [0.25, 0.3) is 39.6 Å². The second-order valence-corrected chi connectivity index (χ2v) is 9.00. The lowest BCUT2D eigenvalue weighted by Gasteiger charge is -2.25. The number of rotatable bonds is 6. The molecule has 0 radical (unpaired) electrons. The van der Waals surface area contributed by atoms with Gasteiger partial charge in [-0.05, 0) is 71.7 Å². The van der Waals surface area contributed by atoms with E-state index in [2.05, 4.69) is 4.57 Å². The number of anilines is 3. The van der Waals surface area contributed by atoms with Gasteiger partial charge in [0.2, 0.25) is 0 Å². The van der Waals surface area contributed by atoms with Gasteiger partial charge in [-0.15, -0.1) is 0 Å². The highest BCUT2D eigenvalue weighted by Crippen LogP contribution is 2.35. The lowest BCUT2D eigenvalue weighted by molar-refractivity contribution is 1.18. The van der Waals surface area contributed by atoms with Gasteiger partial charge in [0.15, 0.2) is 0 Å². The largest absolute Gasteiger partial charge is 0.311 e. The van der Waals surface area contributed by atoms with Crippen molar-refractivity contribution in [3.63, 3.8) is 0 Å². The zero-order valence-electron chi connectivity index (χ0n) is 33.1. The van der Waals surface area contributed by atoms with Gasteiger partial charge >= 0.3 is 0 Å². The standard InChI is InChI=1S/C38H28N2/c1-4-12-31(13-5-1)39(32-14-6-2-7-15-32)34-25-22-29(23-26-34)20-21-30-24-27-36-35-18-10-11-19-37(35)40(38(36)28-30)33-16-8-3-9-17-33/h1-28H/b21-20+/i1D,2D,4D,5D,6D,7D,12D,13D,14D,15D,20D,21D. The van der Waals surface area contributed by atoms with Crippen molar-refractivity contribution < 1.29 is 16.4 Å². The van der Waals surface area contributed by atoms with Gasteiger partial charge in [0.25, 0.3) is 0 Å². The van der Waals surface area contributed by atoms with Gasteiger partial charge in [0.1, 0.15) is 0 Å². The Morgan fingerprint density at radius 3 is 1.80 bits per heavy atom. The third kappa shape index (κ3) is 4.46. The fourth-order valence-corrected chi connectivity index (χ4v) is 4.82. The summed E-state index contributed by atoms with van der Waals surface area (Å²) in [6.07, 6.45) is 0. The monoisotopic (exact) mass is 524 g/mol. The molecule has 40 heavy (non-hydrogen) atoms. The van der Waals surface area contributed by atoms with E-state index in [0.29, 0.717) is 11.1 Å². The maximum atomic E-state index is 9.05. The first-order valence-electron chi connectivity index (χ1n) is 18.6. The first-order chi connectivity index (χ1) is 24.8. The highest BCUT2D eigenvalue weighted by Gasteiger charge is 2.13. The summed E-state index contributed by atoms with van der Waals surface area (Å²) in [7, 11) is 0. The van der Waals surface area contributed by atoms with Crippen molar-refractivity contribution >= 4 is 51.0 Å². The zero-order chi connectivity index (χ0) is 37.2. The van der Waals surface area contributed by atoms with E-state index in [0.717, 1.165) is 32.4 Å². The molecule has 0 aliphatic carbocycles. The summed E-state index contributed by atoms with van der Waals surface area (Å²) in [4.78, 5) is 1.05. The molecule has 1 heterocycles. The van der Waals surface area contributed by atoms with Crippen molar-refractivity contribution in [2.24, 2.45) is 0 Å². The predicted molar refractivity (Wildman–Crippen MR) is 171 cm³/mol. The molecule has 2 heteroatoms. The Balaban J connectivity index is 1.37. The number of hydrogen-bond donors (Lipinski definition) is 0. The molecular formula is C38H28N2. The number of nitrogens with zero attached hydrogens (tertiary/aromatic N) is 2. The minimum atomic E-state index is -0.663. The molecule has 0 saturated carbocycles. The maximum absolute atomic E-state index is 9.05. The number of para-hydroxylation sites is 4. The van der Waals surface area contributed by atoms with E-state index < -0.39 is 71.8 Å². The summed E-state index contributed by atoms with van der Waals surface area (Å²) in [5.41, 5.74) is 2.91. The molecule has 0 bridgehead atoms. The number of aromatic nitrogens is 1. The molecule has 7 aromatic rings. The second kappa shape index (κ2) is 10.4. The van der Waals surface area contributed by atoms with Crippen LogP contribution in [0, 0.1) is 0 Å². The van der Waals surface area contributed by atoms with Gasteiger partial charge in [-0.3, -0.25) is 0 Å². The molecule has 0 amide bonds. The van der Waals surface area contributed by atoms with Crippen LogP contribution in [0.2, 0.25) is 0 Å². The molecule has 0 aliphatic heterocycles. The van der Waals surface area contributed by atoms with Crippen LogP contribution in [-0.2, 0) is 0 Å². The Bertz CT molecular complexity index is 2470. The van der Waals surface area contributed by atoms with E-state index in [4.69, 9.17) is 16.4 Å². The van der Waals surface area contributed by atoms with Crippen molar-refractivity contribution in [1.29, 1.82) is 0 Å². The van der Waals surface area contributed by atoms with E-state index in [9.17, 15) is 0 Å². The Morgan fingerprint density at radius 2 is 1.10 bits per heavy atom. The zero-order valence-corrected chi connectivity index (χ0v) is 21.1. The molecule has 0 unspecified atom stereocenters. The van der Waals surface area contributed by atoms with Crippen molar-refractivity contribution in [1.82, 2.24) is 4.57 Å². The molecule has 0 aliphatic rings. The van der Waals surface area contributed by atoms with Crippen LogP contribution in [0.1, 0.15) is 27.6 Å². The molecule has 2 nitrogen and oxygen atoms in total. The van der Waals surface area contributed by atoms with E-state index in [1.165, 1.54) is 24.3 Å². The Morgan fingerprint density at radius 1 is 0.525 bits per heavy atom. The van der Waals surface area contributed by atoms with E-state index in [1.807, 2.05) is 66.7 Å². The third-order valence-electron chi connectivity index (χ3n) is 6.59. The van der Waals surface area contributed by atoms with Crippen LogP contribution in [0.4, 0.5) is 17.1 Å².